The summed E-state index contributed by atoms with van der Waals surface area (Å²) in [5, 5.41) is 0. The maximum Gasteiger partial charge on any atom is 0.0543 e. The molecule has 11 aromatic carbocycles. The molecule has 0 amide bonds. The molecule has 338 valence electrons. The number of fused-ring (bicyclic) bond motifs is 3. The molecular weight excluding hydrogens is 857 g/mol. The smallest absolute Gasteiger partial charge is 0.0543 e. The lowest BCUT2D eigenvalue weighted by Crippen LogP contribution is -2.16. The van der Waals surface area contributed by atoms with E-state index < -0.39 is 0 Å². The highest BCUT2D eigenvalue weighted by Crippen LogP contribution is 2.57. The first-order chi connectivity index (χ1) is 35.0. The first-order valence-corrected chi connectivity index (χ1v) is 24.6. The van der Waals surface area contributed by atoms with E-state index in [1.165, 1.54) is 72.4 Å². The molecule has 0 spiro atoms. The van der Waals surface area contributed by atoms with Crippen LogP contribution in [0.4, 0.5) is 34.1 Å². The highest BCUT2D eigenvalue weighted by atomic mass is 15.1. The van der Waals surface area contributed by atoms with Gasteiger partial charge in [-0.1, -0.05) is 214 Å². The molecule has 1 aliphatic carbocycles. The molecule has 71 heavy (non-hydrogen) atoms. The second-order valence-electron chi connectivity index (χ2n) is 18.9. The monoisotopic (exact) mass is 908 g/mol. The number of rotatable bonds is 11. The molecule has 12 rings (SSSR count). The van der Waals surface area contributed by atoms with Crippen LogP contribution in [0.25, 0.3) is 66.8 Å². The quantitative estimate of drug-likeness (QED) is 0.128. The molecular formula is C69H52N2. The minimum absolute atomic E-state index is 0.180. The number of nitrogens with zero attached hydrogens (tertiary/aromatic N) is 2. The van der Waals surface area contributed by atoms with E-state index in [2.05, 4.69) is 303 Å². The average Bonchev–Trinajstić information content (AvgIpc) is 3.69. The molecule has 0 bridgehead atoms. The van der Waals surface area contributed by atoms with Crippen molar-refractivity contribution in [2.24, 2.45) is 0 Å². The number of para-hydroxylation sites is 3. The third kappa shape index (κ3) is 8.00. The molecule has 0 radical (unpaired) electrons. The van der Waals surface area contributed by atoms with Crippen molar-refractivity contribution in [3.05, 3.63) is 290 Å². The fourth-order valence-corrected chi connectivity index (χ4v) is 10.8. The van der Waals surface area contributed by atoms with Gasteiger partial charge in [-0.3, -0.25) is 0 Å². The van der Waals surface area contributed by atoms with Crippen LogP contribution >= 0.6 is 0 Å². The first kappa shape index (κ1) is 43.3. The minimum Gasteiger partial charge on any atom is -0.311 e. The summed E-state index contributed by atoms with van der Waals surface area (Å²) in [6, 6.07) is 101. The largest absolute Gasteiger partial charge is 0.311 e. The van der Waals surface area contributed by atoms with Crippen molar-refractivity contribution in [3.8, 4) is 66.8 Å². The second kappa shape index (κ2) is 18.5. The van der Waals surface area contributed by atoms with E-state index in [0.29, 0.717) is 0 Å². The summed E-state index contributed by atoms with van der Waals surface area (Å²) < 4.78 is 0. The van der Waals surface area contributed by atoms with E-state index in [1.807, 2.05) is 0 Å². The number of hydrogen-bond acceptors (Lipinski definition) is 2. The number of anilines is 6. The Kier molecular flexibility index (Phi) is 11.3. The summed E-state index contributed by atoms with van der Waals surface area (Å²) in [5.74, 6) is 0. The molecule has 0 saturated heterocycles. The Bertz CT molecular complexity index is 3570. The molecule has 0 heterocycles. The predicted octanol–water partition coefficient (Wildman–Crippen LogP) is 19.3. The molecule has 0 unspecified atom stereocenters. The van der Waals surface area contributed by atoms with Crippen molar-refractivity contribution in [1.29, 1.82) is 0 Å². The van der Waals surface area contributed by atoms with Crippen LogP contribution in [0.2, 0.25) is 0 Å². The summed E-state index contributed by atoms with van der Waals surface area (Å²) >= 11 is 0. The van der Waals surface area contributed by atoms with Gasteiger partial charge >= 0.3 is 0 Å². The summed E-state index contributed by atoms with van der Waals surface area (Å²) in [7, 11) is 0. The topological polar surface area (TPSA) is 6.48 Å². The molecule has 0 atom stereocenters. The third-order valence-electron chi connectivity index (χ3n) is 14.3. The number of hydrogen-bond donors (Lipinski definition) is 0. The van der Waals surface area contributed by atoms with E-state index >= 15 is 0 Å². The Hall–Kier alpha value is -8.98. The van der Waals surface area contributed by atoms with E-state index in [9.17, 15) is 0 Å². The van der Waals surface area contributed by atoms with Gasteiger partial charge in [-0.05, 0) is 151 Å². The summed E-state index contributed by atoms with van der Waals surface area (Å²) in [4.78, 5) is 4.77. The zero-order chi connectivity index (χ0) is 47.7. The van der Waals surface area contributed by atoms with Crippen molar-refractivity contribution >= 4 is 34.1 Å². The maximum absolute atomic E-state index is 2.45. The van der Waals surface area contributed by atoms with E-state index in [-0.39, 0.29) is 5.41 Å². The van der Waals surface area contributed by atoms with Gasteiger partial charge < -0.3 is 9.80 Å². The Morgan fingerprint density at radius 3 is 0.972 bits per heavy atom. The highest BCUT2D eigenvalue weighted by molar-refractivity contribution is 6.01. The summed E-state index contributed by atoms with van der Waals surface area (Å²) in [6.07, 6.45) is 0. The first-order valence-electron chi connectivity index (χ1n) is 24.6. The molecule has 0 N–H and O–H groups in total. The van der Waals surface area contributed by atoms with Gasteiger partial charge in [0.15, 0.2) is 0 Å². The Morgan fingerprint density at radius 1 is 0.239 bits per heavy atom. The van der Waals surface area contributed by atoms with Crippen LogP contribution in [0.1, 0.15) is 25.0 Å². The average molecular weight is 909 g/mol. The lowest BCUT2D eigenvalue weighted by molar-refractivity contribution is 0.660. The third-order valence-corrected chi connectivity index (χ3v) is 14.3. The highest BCUT2D eigenvalue weighted by Gasteiger charge is 2.39. The zero-order valence-electron chi connectivity index (χ0n) is 40.0. The molecule has 2 nitrogen and oxygen atoms in total. The van der Waals surface area contributed by atoms with Crippen molar-refractivity contribution in [2.75, 3.05) is 9.80 Å². The van der Waals surface area contributed by atoms with Crippen LogP contribution in [-0.2, 0) is 5.41 Å². The number of benzene rings is 11. The normalized spacial score (nSPS) is 12.2. The Labute approximate surface area is 418 Å². The molecule has 0 fully saturated rings. The van der Waals surface area contributed by atoms with Crippen molar-refractivity contribution in [2.45, 2.75) is 19.3 Å². The fourth-order valence-electron chi connectivity index (χ4n) is 10.8. The van der Waals surface area contributed by atoms with Crippen LogP contribution in [0.5, 0.6) is 0 Å². The summed E-state index contributed by atoms with van der Waals surface area (Å²) in [5.41, 5.74) is 23.7. The fraction of sp³-hybridized carbons (Fsp3) is 0.0435. The lowest BCUT2D eigenvalue weighted by Gasteiger charge is -2.29. The molecule has 2 heteroatoms. The van der Waals surface area contributed by atoms with Crippen LogP contribution in [-0.4, -0.2) is 0 Å². The molecule has 0 saturated carbocycles. The van der Waals surface area contributed by atoms with Crippen molar-refractivity contribution in [1.82, 2.24) is 0 Å². The lowest BCUT2D eigenvalue weighted by atomic mass is 9.82. The van der Waals surface area contributed by atoms with Gasteiger partial charge in [-0.25, -0.2) is 0 Å². The standard InChI is InChI=1S/C69H52N2/c1-69(2)64-36-21-35-59(49-23-9-3-10-24-49)67(64)68-65(69)37-22-38-66(68)71(56-33-19-8-20-34-56)58-45-41-53(42-46-58)63-48-60(50-25-11-4-12-26-50)62(47-61(63)51-27-13-5-14-28-51)52-39-43-57(44-40-52)70(54-29-15-6-16-30-54)55-31-17-7-18-32-55/h3-48H,1-2H3. The van der Waals surface area contributed by atoms with Gasteiger partial charge in [-0.15, -0.1) is 0 Å². The van der Waals surface area contributed by atoms with Gasteiger partial charge in [-0.2, -0.15) is 0 Å². The van der Waals surface area contributed by atoms with Gasteiger partial charge in [0, 0.05) is 39.4 Å². The SMILES string of the molecule is CC1(C)c2cccc(-c3ccccc3)c2-c2c(N(c3ccccc3)c3ccc(-c4cc(-c5ccccc5)c(-c5ccc(N(c6ccccc6)c6ccccc6)cc5)cc4-c4ccccc4)cc3)cccc21. The minimum atomic E-state index is -0.180. The van der Waals surface area contributed by atoms with E-state index in [0.717, 1.165) is 39.6 Å². The van der Waals surface area contributed by atoms with E-state index in [4.69, 9.17) is 0 Å². The Balaban J connectivity index is 1.00. The Morgan fingerprint density at radius 2 is 0.549 bits per heavy atom. The molecule has 11 aromatic rings. The van der Waals surface area contributed by atoms with E-state index in [1.54, 1.807) is 0 Å². The van der Waals surface area contributed by atoms with Crippen LogP contribution in [0, 0.1) is 0 Å². The van der Waals surface area contributed by atoms with Crippen LogP contribution in [0.15, 0.2) is 279 Å². The van der Waals surface area contributed by atoms with Crippen molar-refractivity contribution < 1.29 is 0 Å². The molecule has 0 aromatic heterocycles. The van der Waals surface area contributed by atoms with Crippen LogP contribution < -0.4 is 9.80 Å². The predicted molar refractivity (Wildman–Crippen MR) is 301 cm³/mol. The molecule has 1 aliphatic rings. The van der Waals surface area contributed by atoms with Gasteiger partial charge in [0.25, 0.3) is 0 Å². The van der Waals surface area contributed by atoms with Crippen LogP contribution in [0.3, 0.4) is 0 Å². The zero-order valence-corrected chi connectivity index (χ0v) is 40.0. The van der Waals surface area contributed by atoms with Crippen molar-refractivity contribution in [3.63, 3.8) is 0 Å². The molecule has 0 aliphatic heterocycles. The second-order valence-corrected chi connectivity index (χ2v) is 18.9. The van der Waals surface area contributed by atoms with Gasteiger partial charge in [0.1, 0.15) is 0 Å². The maximum atomic E-state index is 2.45. The van der Waals surface area contributed by atoms with Gasteiger partial charge in [0.2, 0.25) is 0 Å². The summed E-state index contributed by atoms with van der Waals surface area (Å²) in [6.45, 7) is 4.75. The van der Waals surface area contributed by atoms with Gasteiger partial charge in [0.05, 0.1) is 5.69 Å².